The van der Waals surface area contributed by atoms with Crippen molar-refractivity contribution in [1.29, 1.82) is 0 Å². The molecule has 2 N–H and O–H groups in total. The SMILES string of the molecule is CN1C(C(=O)Nc2cccc(CCc3ccccc3)n2)=C(O)c2sc(Cl)cc2S1(=O)=O. The molecule has 0 saturated heterocycles. The van der Waals surface area contributed by atoms with Crippen LogP contribution in [0.25, 0.3) is 5.76 Å². The second kappa shape index (κ2) is 8.33. The third-order valence-electron chi connectivity index (χ3n) is 4.84. The summed E-state index contributed by atoms with van der Waals surface area (Å²) in [4.78, 5) is 17.2. The average molecular weight is 476 g/mol. The molecule has 3 heterocycles. The summed E-state index contributed by atoms with van der Waals surface area (Å²) >= 11 is 6.82. The number of carbonyl (C=O) groups is 1. The summed E-state index contributed by atoms with van der Waals surface area (Å²) in [5.74, 6) is -0.968. The Morgan fingerprint density at radius 1 is 1.16 bits per heavy atom. The minimum Gasteiger partial charge on any atom is -0.504 e. The Bertz CT molecular complexity index is 1290. The molecule has 3 aromatic rings. The Morgan fingerprint density at radius 2 is 1.90 bits per heavy atom. The topological polar surface area (TPSA) is 99.6 Å². The van der Waals surface area contributed by atoms with Gasteiger partial charge >= 0.3 is 0 Å². The zero-order valence-electron chi connectivity index (χ0n) is 16.4. The predicted molar refractivity (Wildman–Crippen MR) is 121 cm³/mol. The molecule has 1 aromatic carbocycles. The number of halogens is 1. The van der Waals surface area contributed by atoms with Gasteiger partial charge in [0, 0.05) is 12.7 Å². The van der Waals surface area contributed by atoms with Crippen LogP contribution < -0.4 is 5.32 Å². The Kier molecular flexibility index (Phi) is 5.74. The molecule has 0 fully saturated rings. The summed E-state index contributed by atoms with van der Waals surface area (Å²) < 4.78 is 26.4. The number of thiophene rings is 1. The number of carbonyl (C=O) groups excluding carboxylic acids is 1. The first-order chi connectivity index (χ1) is 14.8. The number of nitrogens with zero attached hydrogens (tertiary/aromatic N) is 2. The van der Waals surface area contributed by atoms with E-state index in [0.29, 0.717) is 6.42 Å². The van der Waals surface area contributed by atoms with E-state index in [2.05, 4.69) is 10.3 Å². The molecule has 1 aliphatic heterocycles. The zero-order chi connectivity index (χ0) is 22.2. The predicted octanol–water partition coefficient (Wildman–Crippen LogP) is 4.08. The molecule has 0 spiro atoms. The van der Waals surface area contributed by atoms with Gasteiger partial charge in [-0.05, 0) is 36.6 Å². The van der Waals surface area contributed by atoms with Crippen molar-refractivity contribution in [2.45, 2.75) is 17.7 Å². The molecule has 0 saturated carbocycles. The van der Waals surface area contributed by atoms with E-state index in [0.717, 1.165) is 27.8 Å². The standard InChI is InChI=1S/C21H18ClN3O4S2/c1-25-18(19(26)20-15(31(25,28)29)12-16(22)30-20)21(27)24-17-9-5-8-14(23-17)11-10-13-6-3-2-4-7-13/h2-9,12,26H,10-11H2,1H3,(H,23,24,27). The van der Waals surface area contributed by atoms with Gasteiger partial charge in [-0.3, -0.25) is 9.10 Å². The number of nitrogens with one attached hydrogen (secondary N) is 1. The number of hydrogen-bond acceptors (Lipinski definition) is 6. The number of anilines is 1. The molecular formula is C21H18ClN3O4S2. The van der Waals surface area contributed by atoms with E-state index >= 15 is 0 Å². The van der Waals surface area contributed by atoms with Crippen LogP contribution in [0.2, 0.25) is 4.34 Å². The Balaban J connectivity index is 1.57. The van der Waals surface area contributed by atoms with Crippen LogP contribution in [-0.2, 0) is 27.7 Å². The normalized spacial score (nSPS) is 15.0. The molecule has 0 unspecified atom stereocenters. The third kappa shape index (κ3) is 4.16. The summed E-state index contributed by atoms with van der Waals surface area (Å²) in [6.45, 7) is 0. The van der Waals surface area contributed by atoms with Crippen molar-refractivity contribution < 1.29 is 18.3 Å². The lowest BCUT2D eigenvalue weighted by molar-refractivity contribution is -0.113. The first-order valence-corrected chi connectivity index (χ1v) is 11.9. The van der Waals surface area contributed by atoms with Crippen LogP contribution in [0.15, 0.2) is 65.2 Å². The van der Waals surface area contributed by atoms with Gasteiger partial charge < -0.3 is 10.4 Å². The molecule has 1 aliphatic rings. The summed E-state index contributed by atoms with van der Waals surface area (Å²) in [6.07, 6.45) is 1.47. The van der Waals surface area contributed by atoms with Crippen molar-refractivity contribution in [2.75, 3.05) is 12.4 Å². The largest absolute Gasteiger partial charge is 0.504 e. The van der Waals surface area contributed by atoms with E-state index < -0.39 is 21.7 Å². The van der Waals surface area contributed by atoms with Crippen molar-refractivity contribution in [3.63, 3.8) is 0 Å². The number of aryl methyl sites for hydroxylation is 2. The van der Waals surface area contributed by atoms with Crippen molar-refractivity contribution in [2.24, 2.45) is 0 Å². The van der Waals surface area contributed by atoms with E-state index in [-0.39, 0.29) is 25.6 Å². The number of fused-ring (bicyclic) bond motifs is 1. The van der Waals surface area contributed by atoms with Gasteiger partial charge in [0.2, 0.25) is 0 Å². The fourth-order valence-electron chi connectivity index (χ4n) is 3.26. The molecule has 10 heteroatoms. The van der Waals surface area contributed by atoms with Crippen LogP contribution in [-0.4, -0.2) is 35.8 Å². The number of pyridine rings is 1. The van der Waals surface area contributed by atoms with Gasteiger partial charge in [0.15, 0.2) is 11.5 Å². The van der Waals surface area contributed by atoms with Gasteiger partial charge in [-0.15, -0.1) is 11.3 Å². The smallest absolute Gasteiger partial charge is 0.278 e. The third-order valence-corrected chi connectivity index (χ3v) is 8.02. The number of aromatic nitrogens is 1. The molecule has 0 radical (unpaired) electrons. The highest BCUT2D eigenvalue weighted by atomic mass is 35.5. The maximum Gasteiger partial charge on any atom is 0.278 e. The second-order valence-corrected chi connectivity index (χ2v) is 10.5. The van der Waals surface area contributed by atoms with Gasteiger partial charge in [0.25, 0.3) is 15.9 Å². The lowest BCUT2D eigenvalue weighted by Crippen LogP contribution is -2.36. The zero-order valence-corrected chi connectivity index (χ0v) is 18.8. The Morgan fingerprint density at radius 3 is 2.65 bits per heavy atom. The maximum absolute atomic E-state index is 12.9. The highest BCUT2D eigenvalue weighted by molar-refractivity contribution is 7.89. The van der Waals surface area contributed by atoms with Crippen molar-refractivity contribution in [1.82, 2.24) is 9.29 Å². The average Bonchev–Trinajstić information content (AvgIpc) is 3.15. The summed E-state index contributed by atoms with van der Waals surface area (Å²) in [5.41, 5.74) is 1.56. The van der Waals surface area contributed by atoms with Gasteiger partial charge in [-0.2, -0.15) is 0 Å². The number of aliphatic hydroxyl groups is 1. The number of sulfonamides is 1. The molecule has 31 heavy (non-hydrogen) atoms. The number of likely N-dealkylation sites (N-methyl/N-ethyl adjacent to an activating group) is 1. The van der Waals surface area contributed by atoms with E-state index in [9.17, 15) is 18.3 Å². The van der Waals surface area contributed by atoms with Crippen molar-refractivity contribution in [3.05, 3.63) is 80.8 Å². The van der Waals surface area contributed by atoms with E-state index in [1.165, 1.54) is 18.7 Å². The number of rotatable bonds is 5. The Hall–Kier alpha value is -2.88. The van der Waals surface area contributed by atoms with Gasteiger partial charge in [0.1, 0.15) is 10.7 Å². The maximum atomic E-state index is 12.9. The van der Waals surface area contributed by atoms with Crippen molar-refractivity contribution in [3.8, 4) is 0 Å². The minimum atomic E-state index is -4.01. The number of aliphatic hydroxyl groups excluding tert-OH is 1. The summed E-state index contributed by atoms with van der Waals surface area (Å²) in [5, 5.41) is 13.2. The lowest BCUT2D eigenvalue weighted by Gasteiger charge is -2.26. The van der Waals surface area contributed by atoms with Crippen LogP contribution in [0, 0.1) is 0 Å². The molecule has 1 amide bonds. The van der Waals surface area contributed by atoms with Crippen LogP contribution in [0.3, 0.4) is 0 Å². The minimum absolute atomic E-state index is 0.0396. The van der Waals surface area contributed by atoms with Crippen LogP contribution in [0.4, 0.5) is 5.82 Å². The molecule has 160 valence electrons. The number of amides is 1. The molecular weight excluding hydrogens is 458 g/mol. The molecule has 0 aliphatic carbocycles. The molecule has 2 aromatic heterocycles. The molecule has 4 rings (SSSR count). The monoisotopic (exact) mass is 475 g/mol. The van der Waals surface area contributed by atoms with E-state index in [1.54, 1.807) is 12.1 Å². The quantitative estimate of drug-likeness (QED) is 0.579. The Labute approximate surface area is 188 Å². The summed E-state index contributed by atoms with van der Waals surface area (Å²) in [7, 11) is -2.80. The molecule has 7 nitrogen and oxygen atoms in total. The first kappa shape index (κ1) is 21.4. The molecule has 0 atom stereocenters. The van der Waals surface area contributed by atoms with Crippen molar-refractivity contribution >= 4 is 50.4 Å². The number of hydrogen-bond donors (Lipinski definition) is 2. The fourth-order valence-corrected chi connectivity index (χ4v) is 6.21. The highest BCUT2D eigenvalue weighted by Gasteiger charge is 2.39. The fraction of sp³-hybridized carbons (Fsp3) is 0.143. The first-order valence-electron chi connectivity index (χ1n) is 9.30. The number of benzene rings is 1. The van der Waals surface area contributed by atoms with Crippen LogP contribution in [0.1, 0.15) is 16.1 Å². The second-order valence-electron chi connectivity index (χ2n) is 6.87. The van der Waals surface area contributed by atoms with Crippen LogP contribution in [0.5, 0.6) is 0 Å². The van der Waals surface area contributed by atoms with Gasteiger partial charge in [-0.1, -0.05) is 48.0 Å². The van der Waals surface area contributed by atoms with Gasteiger partial charge in [-0.25, -0.2) is 13.4 Å². The summed E-state index contributed by atoms with van der Waals surface area (Å²) in [6, 6.07) is 16.4. The van der Waals surface area contributed by atoms with E-state index in [4.69, 9.17) is 11.6 Å². The van der Waals surface area contributed by atoms with Gasteiger partial charge in [0.05, 0.1) is 9.21 Å². The lowest BCUT2D eigenvalue weighted by atomic mass is 10.1. The highest BCUT2D eigenvalue weighted by Crippen LogP contribution is 2.41. The molecule has 0 bridgehead atoms. The van der Waals surface area contributed by atoms with Crippen LogP contribution >= 0.6 is 22.9 Å². The van der Waals surface area contributed by atoms with E-state index in [1.807, 2.05) is 36.4 Å².